The molecule has 1 aromatic rings. The smallest absolute Gasteiger partial charge is 0.309 e. The zero-order valence-electron chi connectivity index (χ0n) is 10.2. The van der Waals surface area contributed by atoms with Gasteiger partial charge in [0.05, 0.1) is 18.7 Å². The first-order valence-electron chi connectivity index (χ1n) is 5.56. The van der Waals surface area contributed by atoms with Crippen LogP contribution in [-0.2, 0) is 16.0 Å². The molecular formula is C12H17NO4. The summed E-state index contributed by atoms with van der Waals surface area (Å²) in [6.45, 7) is 3.97. The second-order valence-corrected chi connectivity index (χ2v) is 5.13. The van der Waals surface area contributed by atoms with Gasteiger partial charge in [-0.25, -0.2) is 0 Å². The fraction of sp³-hybridized carbons (Fsp3) is 0.583. The summed E-state index contributed by atoms with van der Waals surface area (Å²) in [6.07, 6.45) is 1.84. The van der Waals surface area contributed by atoms with E-state index in [1.165, 1.54) is 19.4 Å². The van der Waals surface area contributed by atoms with Crippen LogP contribution < -0.4 is 0 Å². The van der Waals surface area contributed by atoms with E-state index in [0.29, 0.717) is 12.1 Å². The Balaban J connectivity index is 2.14. The summed E-state index contributed by atoms with van der Waals surface area (Å²) < 4.78 is 5.65. The second kappa shape index (κ2) is 3.68. The molecular weight excluding hydrogens is 222 g/mol. The van der Waals surface area contributed by atoms with E-state index in [1.807, 2.05) is 13.8 Å². The summed E-state index contributed by atoms with van der Waals surface area (Å²) in [5, 5.41) is 19.1. The molecule has 2 N–H and O–H groups in total. The Kier molecular flexibility index (Phi) is 2.56. The van der Waals surface area contributed by atoms with E-state index in [9.17, 15) is 15.1 Å². The molecule has 1 aliphatic carbocycles. The normalized spacial score (nSPS) is 25.6. The molecule has 0 aromatic carbocycles. The zero-order chi connectivity index (χ0) is 12.8. The molecule has 0 radical (unpaired) electrons. The number of hydrogen-bond acceptors (Lipinski definition) is 4. The van der Waals surface area contributed by atoms with Gasteiger partial charge >= 0.3 is 5.97 Å². The van der Waals surface area contributed by atoms with E-state index in [0.717, 1.165) is 4.73 Å². The standard InChI is InChI=1S/C12H17NO4/c1-12(2)7(10(12)11(15)17-3)6-8-9(14)4-5-13(8)16/h4-5,7,10,14,16H,6H2,1-3H3. The molecule has 2 atom stereocenters. The van der Waals surface area contributed by atoms with Crippen LogP contribution >= 0.6 is 0 Å². The van der Waals surface area contributed by atoms with Gasteiger partial charge in [-0.3, -0.25) is 4.79 Å². The van der Waals surface area contributed by atoms with E-state index in [2.05, 4.69) is 0 Å². The van der Waals surface area contributed by atoms with Gasteiger partial charge in [0.15, 0.2) is 0 Å². The van der Waals surface area contributed by atoms with Gasteiger partial charge in [0.25, 0.3) is 0 Å². The Labute approximate surface area is 99.6 Å². The van der Waals surface area contributed by atoms with Gasteiger partial charge in [-0.2, -0.15) is 4.73 Å². The van der Waals surface area contributed by atoms with Crippen molar-refractivity contribution < 1.29 is 19.8 Å². The lowest BCUT2D eigenvalue weighted by Gasteiger charge is -2.04. The quantitative estimate of drug-likeness (QED) is 0.618. The number of ether oxygens (including phenoxy) is 1. The molecule has 17 heavy (non-hydrogen) atoms. The molecule has 1 aliphatic rings. The fourth-order valence-electron chi connectivity index (χ4n) is 2.57. The average molecular weight is 239 g/mol. The number of aromatic nitrogens is 1. The topological polar surface area (TPSA) is 71.7 Å². The van der Waals surface area contributed by atoms with E-state index in [4.69, 9.17) is 4.74 Å². The fourth-order valence-corrected chi connectivity index (χ4v) is 2.57. The molecule has 0 aliphatic heterocycles. The summed E-state index contributed by atoms with van der Waals surface area (Å²) in [7, 11) is 1.38. The van der Waals surface area contributed by atoms with Crippen LogP contribution in [0.1, 0.15) is 19.5 Å². The minimum Gasteiger partial charge on any atom is -0.506 e. The van der Waals surface area contributed by atoms with Gasteiger partial charge < -0.3 is 15.1 Å². The molecule has 0 spiro atoms. The highest BCUT2D eigenvalue weighted by Gasteiger charge is 2.62. The molecule has 0 saturated heterocycles. The minimum atomic E-state index is -0.226. The number of carbonyl (C=O) groups is 1. The Hall–Kier alpha value is -1.65. The largest absolute Gasteiger partial charge is 0.506 e. The molecule has 94 valence electrons. The van der Waals surface area contributed by atoms with Crippen molar-refractivity contribution in [3.8, 4) is 5.75 Å². The van der Waals surface area contributed by atoms with Gasteiger partial charge in [0.1, 0.15) is 5.75 Å². The van der Waals surface area contributed by atoms with E-state index in [1.54, 1.807) is 0 Å². The summed E-state index contributed by atoms with van der Waals surface area (Å²) in [5.74, 6) is -0.252. The summed E-state index contributed by atoms with van der Waals surface area (Å²) in [4.78, 5) is 11.5. The average Bonchev–Trinajstić information content (AvgIpc) is 2.67. The third-order valence-electron chi connectivity index (χ3n) is 3.86. The number of esters is 1. The van der Waals surface area contributed by atoms with Crippen molar-refractivity contribution in [2.45, 2.75) is 20.3 Å². The molecule has 5 heteroatoms. The Morgan fingerprint density at radius 3 is 2.71 bits per heavy atom. The van der Waals surface area contributed by atoms with E-state index in [-0.39, 0.29) is 29.0 Å². The van der Waals surface area contributed by atoms with Crippen LogP contribution in [0.25, 0.3) is 0 Å². The zero-order valence-corrected chi connectivity index (χ0v) is 10.2. The molecule has 2 rings (SSSR count). The molecule has 0 amide bonds. The lowest BCUT2D eigenvalue weighted by atomic mass is 10.1. The highest BCUT2D eigenvalue weighted by molar-refractivity contribution is 5.77. The first-order chi connectivity index (χ1) is 7.89. The van der Waals surface area contributed by atoms with Crippen LogP contribution in [-0.4, -0.2) is 28.1 Å². The van der Waals surface area contributed by atoms with Crippen molar-refractivity contribution in [1.29, 1.82) is 0 Å². The highest BCUT2D eigenvalue weighted by atomic mass is 16.5. The Morgan fingerprint density at radius 1 is 1.59 bits per heavy atom. The third-order valence-corrected chi connectivity index (χ3v) is 3.86. The number of methoxy groups -OCH3 is 1. The summed E-state index contributed by atoms with van der Waals surface area (Å²) >= 11 is 0. The SMILES string of the molecule is COC(=O)C1C(Cc2c(O)ccn2O)C1(C)C. The molecule has 1 fully saturated rings. The van der Waals surface area contributed by atoms with Crippen molar-refractivity contribution >= 4 is 5.97 Å². The molecule has 1 saturated carbocycles. The van der Waals surface area contributed by atoms with Gasteiger partial charge in [-0.1, -0.05) is 13.8 Å². The number of rotatable bonds is 3. The highest BCUT2D eigenvalue weighted by Crippen LogP contribution is 2.60. The van der Waals surface area contributed by atoms with Gasteiger partial charge in [-0.05, 0) is 17.8 Å². The molecule has 2 unspecified atom stereocenters. The first-order valence-corrected chi connectivity index (χ1v) is 5.56. The lowest BCUT2D eigenvalue weighted by Crippen LogP contribution is -2.08. The second-order valence-electron chi connectivity index (χ2n) is 5.13. The molecule has 1 heterocycles. The molecule has 5 nitrogen and oxygen atoms in total. The maximum absolute atomic E-state index is 11.5. The van der Waals surface area contributed by atoms with Crippen molar-refractivity contribution in [1.82, 2.24) is 4.73 Å². The van der Waals surface area contributed by atoms with Crippen molar-refractivity contribution in [2.75, 3.05) is 7.11 Å². The first kappa shape index (κ1) is 11.8. The van der Waals surface area contributed by atoms with Crippen LogP contribution in [0.2, 0.25) is 0 Å². The van der Waals surface area contributed by atoms with Crippen LogP contribution in [0, 0.1) is 17.3 Å². The number of nitrogens with zero attached hydrogens (tertiary/aromatic N) is 1. The summed E-state index contributed by atoms with van der Waals surface area (Å²) in [5.41, 5.74) is 0.290. The van der Waals surface area contributed by atoms with Gasteiger partial charge in [0, 0.05) is 12.3 Å². The van der Waals surface area contributed by atoms with Crippen molar-refractivity contribution in [3.63, 3.8) is 0 Å². The van der Waals surface area contributed by atoms with Gasteiger partial charge in [0.2, 0.25) is 0 Å². The van der Waals surface area contributed by atoms with Crippen molar-refractivity contribution in [3.05, 3.63) is 18.0 Å². The number of carbonyl (C=O) groups excluding carboxylic acids is 1. The minimum absolute atomic E-state index is 0.0545. The summed E-state index contributed by atoms with van der Waals surface area (Å²) in [6, 6.07) is 1.43. The monoisotopic (exact) mass is 239 g/mol. The Bertz CT molecular complexity index is 430. The number of aromatic hydroxyl groups is 1. The molecule has 1 aromatic heterocycles. The van der Waals surface area contributed by atoms with Crippen LogP contribution in [0.3, 0.4) is 0 Å². The van der Waals surface area contributed by atoms with Crippen LogP contribution in [0.15, 0.2) is 12.3 Å². The van der Waals surface area contributed by atoms with E-state index >= 15 is 0 Å². The third kappa shape index (κ3) is 1.75. The van der Waals surface area contributed by atoms with Gasteiger partial charge in [-0.15, -0.1) is 0 Å². The predicted molar refractivity (Wildman–Crippen MR) is 59.8 cm³/mol. The van der Waals surface area contributed by atoms with E-state index < -0.39 is 0 Å². The maximum Gasteiger partial charge on any atom is 0.309 e. The van der Waals surface area contributed by atoms with Crippen LogP contribution in [0.4, 0.5) is 0 Å². The Morgan fingerprint density at radius 2 is 2.24 bits per heavy atom. The van der Waals surface area contributed by atoms with Crippen LogP contribution in [0.5, 0.6) is 5.75 Å². The maximum atomic E-state index is 11.5. The number of hydrogen-bond donors (Lipinski definition) is 2. The predicted octanol–water partition coefficient (Wildman–Crippen LogP) is 1.42. The molecule has 0 bridgehead atoms. The lowest BCUT2D eigenvalue weighted by molar-refractivity contribution is -0.143. The van der Waals surface area contributed by atoms with Crippen molar-refractivity contribution in [2.24, 2.45) is 17.3 Å².